The van der Waals surface area contributed by atoms with E-state index in [0.717, 1.165) is 24.3 Å². The summed E-state index contributed by atoms with van der Waals surface area (Å²) in [6.45, 7) is 5.52. The lowest BCUT2D eigenvalue weighted by molar-refractivity contribution is 0.339. The van der Waals surface area contributed by atoms with Crippen molar-refractivity contribution in [2.75, 3.05) is 13.2 Å². The fraction of sp³-hybridized carbons (Fsp3) is 0.462. The predicted molar refractivity (Wildman–Crippen MR) is 64.3 cm³/mol. The molecule has 1 N–H and O–H groups in total. The molecule has 1 aromatic rings. The Morgan fingerprint density at radius 2 is 2.25 bits per heavy atom. The number of rotatable bonds is 6. The molecule has 0 amide bonds. The number of benzene rings is 1. The third-order valence-corrected chi connectivity index (χ3v) is 2.23. The van der Waals surface area contributed by atoms with Gasteiger partial charge in [-0.3, -0.25) is 5.32 Å². The van der Waals surface area contributed by atoms with E-state index in [4.69, 9.17) is 10.00 Å². The molecule has 0 saturated heterocycles. The summed E-state index contributed by atoms with van der Waals surface area (Å²) in [5, 5.41) is 12.3. The van der Waals surface area contributed by atoms with E-state index in [2.05, 4.69) is 18.3 Å². The Kier molecular flexibility index (Phi) is 5.38. The van der Waals surface area contributed by atoms with Crippen LogP contribution in [0, 0.1) is 11.3 Å². The molecule has 1 atom stereocenters. The summed E-state index contributed by atoms with van der Waals surface area (Å²) in [4.78, 5) is 0. The Hall–Kier alpha value is -1.53. The number of hydrogen-bond donors (Lipinski definition) is 1. The minimum absolute atomic E-state index is 0.250. The molecule has 1 rings (SSSR count). The molecule has 0 aliphatic rings. The van der Waals surface area contributed by atoms with E-state index in [1.807, 2.05) is 31.2 Å². The normalized spacial score (nSPS) is 11.8. The molecule has 1 aromatic carbocycles. The summed E-state index contributed by atoms with van der Waals surface area (Å²) >= 11 is 0. The van der Waals surface area contributed by atoms with E-state index in [1.165, 1.54) is 0 Å². The van der Waals surface area contributed by atoms with E-state index < -0.39 is 0 Å². The Morgan fingerprint density at radius 3 is 2.88 bits per heavy atom. The largest absolute Gasteiger partial charge is 0.494 e. The van der Waals surface area contributed by atoms with Crippen molar-refractivity contribution in [3.05, 3.63) is 29.8 Å². The average molecular weight is 218 g/mol. The van der Waals surface area contributed by atoms with Gasteiger partial charge >= 0.3 is 0 Å². The molecule has 0 radical (unpaired) electrons. The van der Waals surface area contributed by atoms with Crippen LogP contribution in [0.15, 0.2) is 24.3 Å². The average Bonchev–Trinajstić information content (AvgIpc) is 2.31. The summed E-state index contributed by atoms with van der Waals surface area (Å²) < 4.78 is 5.41. The Morgan fingerprint density at radius 1 is 1.44 bits per heavy atom. The first-order chi connectivity index (χ1) is 7.81. The van der Waals surface area contributed by atoms with Gasteiger partial charge in [-0.2, -0.15) is 5.26 Å². The fourth-order valence-corrected chi connectivity index (χ4v) is 1.48. The van der Waals surface area contributed by atoms with Crippen LogP contribution >= 0.6 is 0 Å². The molecule has 0 aliphatic heterocycles. The molecule has 0 bridgehead atoms. The summed E-state index contributed by atoms with van der Waals surface area (Å²) in [5.41, 5.74) is 0.960. The third kappa shape index (κ3) is 3.56. The summed E-state index contributed by atoms with van der Waals surface area (Å²) in [7, 11) is 0. The highest BCUT2D eigenvalue weighted by Crippen LogP contribution is 2.18. The van der Waals surface area contributed by atoms with Gasteiger partial charge in [-0.25, -0.2) is 0 Å². The minimum atomic E-state index is -0.250. The van der Waals surface area contributed by atoms with Crippen molar-refractivity contribution >= 4 is 0 Å². The van der Waals surface area contributed by atoms with Gasteiger partial charge in [0.05, 0.1) is 12.7 Å². The van der Waals surface area contributed by atoms with Crippen molar-refractivity contribution in [1.29, 1.82) is 5.26 Å². The highest BCUT2D eigenvalue weighted by atomic mass is 16.5. The lowest BCUT2D eigenvalue weighted by Crippen LogP contribution is -2.20. The quantitative estimate of drug-likeness (QED) is 0.798. The van der Waals surface area contributed by atoms with Crippen molar-refractivity contribution in [3.8, 4) is 11.8 Å². The second kappa shape index (κ2) is 6.86. The van der Waals surface area contributed by atoms with E-state index in [9.17, 15) is 0 Å². The van der Waals surface area contributed by atoms with E-state index in [0.29, 0.717) is 6.61 Å². The topological polar surface area (TPSA) is 45.0 Å². The molecule has 3 nitrogen and oxygen atoms in total. The predicted octanol–water partition coefficient (Wildman–Crippen LogP) is 2.65. The smallest absolute Gasteiger partial charge is 0.121 e. The Bertz CT molecular complexity index is 357. The molecule has 86 valence electrons. The zero-order valence-corrected chi connectivity index (χ0v) is 9.86. The maximum atomic E-state index is 9.07. The maximum absolute atomic E-state index is 9.07. The molecule has 0 aliphatic carbocycles. The molecule has 0 saturated carbocycles. The van der Waals surface area contributed by atoms with Crippen LogP contribution in [0.3, 0.4) is 0 Å². The first kappa shape index (κ1) is 12.5. The van der Waals surface area contributed by atoms with Gasteiger partial charge in [-0.05, 0) is 37.6 Å². The lowest BCUT2D eigenvalue weighted by Gasteiger charge is -2.12. The second-order valence-corrected chi connectivity index (χ2v) is 3.52. The van der Waals surface area contributed by atoms with Gasteiger partial charge in [0.25, 0.3) is 0 Å². The molecule has 16 heavy (non-hydrogen) atoms. The Balaban J connectivity index is 2.76. The van der Waals surface area contributed by atoms with Crippen LogP contribution in [0.1, 0.15) is 31.9 Å². The molecule has 3 heteroatoms. The van der Waals surface area contributed by atoms with Gasteiger partial charge in [0, 0.05) is 0 Å². The molecule has 0 spiro atoms. The van der Waals surface area contributed by atoms with Gasteiger partial charge in [0.2, 0.25) is 0 Å². The van der Waals surface area contributed by atoms with Crippen LogP contribution < -0.4 is 10.1 Å². The Labute approximate surface area is 97.0 Å². The minimum Gasteiger partial charge on any atom is -0.494 e. The van der Waals surface area contributed by atoms with Crippen LogP contribution in [0.25, 0.3) is 0 Å². The van der Waals surface area contributed by atoms with Gasteiger partial charge in [-0.15, -0.1) is 0 Å². The summed E-state index contributed by atoms with van der Waals surface area (Å²) in [6, 6.07) is 9.69. The molecule has 0 aromatic heterocycles. The zero-order valence-electron chi connectivity index (χ0n) is 9.86. The second-order valence-electron chi connectivity index (χ2n) is 3.52. The van der Waals surface area contributed by atoms with E-state index >= 15 is 0 Å². The van der Waals surface area contributed by atoms with Crippen LogP contribution in [0.4, 0.5) is 0 Å². The van der Waals surface area contributed by atoms with E-state index in [-0.39, 0.29) is 6.04 Å². The fourth-order valence-electron chi connectivity index (χ4n) is 1.48. The zero-order chi connectivity index (χ0) is 11.8. The van der Waals surface area contributed by atoms with Crippen molar-refractivity contribution in [2.45, 2.75) is 26.3 Å². The molecule has 1 unspecified atom stereocenters. The van der Waals surface area contributed by atoms with Gasteiger partial charge in [-0.1, -0.05) is 19.1 Å². The first-order valence-electron chi connectivity index (χ1n) is 5.67. The monoisotopic (exact) mass is 218 g/mol. The van der Waals surface area contributed by atoms with Crippen molar-refractivity contribution in [2.24, 2.45) is 0 Å². The van der Waals surface area contributed by atoms with Crippen LogP contribution in [0.2, 0.25) is 0 Å². The number of nitrogens with one attached hydrogen (secondary N) is 1. The van der Waals surface area contributed by atoms with Crippen molar-refractivity contribution in [1.82, 2.24) is 5.32 Å². The van der Waals surface area contributed by atoms with Crippen molar-refractivity contribution < 1.29 is 4.74 Å². The van der Waals surface area contributed by atoms with Gasteiger partial charge < -0.3 is 4.74 Å². The summed E-state index contributed by atoms with van der Waals surface area (Å²) in [5.74, 6) is 0.818. The highest BCUT2D eigenvalue weighted by molar-refractivity contribution is 5.33. The maximum Gasteiger partial charge on any atom is 0.121 e. The number of nitrogens with zero attached hydrogens (tertiary/aromatic N) is 1. The molecular formula is C13H18N2O. The SMILES string of the molecule is CCCNC(C#N)c1cccc(OCC)c1. The molecule has 0 fully saturated rings. The van der Waals surface area contributed by atoms with Crippen LogP contribution in [-0.2, 0) is 0 Å². The molecule has 0 heterocycles. The number of ether oxygens (including phenoxy) is 1. The number of hydrogen-bond acceptors (Lipinski definition) is 3. The standard InChI is InChI=1S/C13H18N2O/c1-3-8-15-13(10-14)11-6-5-7-12(9-11)16-4-2/h5-7,9,13,15H,3-4,8H2,1-2H3. The van der Waals surface area contributed by atoms with E-state index in [1.54, 1.807) is 0 Å². The summed E-state index contributed by atoms with van der Waals surface area (Å²) in [6.07, 6.45) is 1.02. The highest BCUT2D eigenvalue weighted by Gasteiger charge is 2.09. The lowest BCUT2D eigenvalue weighted by atomic mass is 10.1. The van der Waals surface area contributed by atoms with Crippen LogP contribution in [-0.4, -0.2) is 13.2 Å². The van der Waals surface area contributed by atoms with Crippen molar-refractivity contribution in [3.63, 3.8) is 0 Å². The first-order valence-corrected chi connectivity index (χ1v) is 5.67. The van der Waals surface area contributed by atoms with Crippen LogP contribution in [0.5, 0.6) is 5.75 Å². The molecular weight excluding hydrogens is 200 g/mol. The van der Waals surface area contributed by atoms with Gasteiger partial charge in [0.1, 0.15) is 11.8 Å². The third-order valence-electron chi connectivity index (χ3n) is 2.23. The number of nitriles is 1. The van der Waals surface area contributed by atoms with Gasteiger partial charge in [0.15, 0.2) is 0 Å².